The summed E-state index contributed by atoms with van der Waals surface area (Å²) in [7, 11) is 4.77. The van der Waals surface area contributed by atoms with Crippen LogP contribution in [0.15, 0.2) is 18.2 Å². The number of rotatable bonds is 5. The molecular weight excluding hydrogens is 222 g/mol. The molecule has 0 unspecified atom stereocenters. The van der Waals surface area contributed by atoms with E-state index in [1.54, 1.807) is 33.4 Å². The zero-order valence-corrected chi connectivity index (χ0v) is 10.3. The summed E-state index contributed by atoms with van der Waals surface area (Å²) in [5, 5.41) is 8.75. The predicted molar refractivity (Wildman–Crippen MR) is 63.1 cm³/mol. The van der Waals surface area contributed by atoms with Crippen molar-refractivity contribution in [1.29, 1.82) is 0 Å². The summed E-state index contributed by atoms with van der Waals surface area (Å²) in [6, 6.07) is 5.39. The van der Waals surface area contributed by atoms with Crippen LogP contribution in [0, 0.1) is 0 Å². The van der Waals surface area contributed by atoms with Gasteiger partial charge in [-0.1, -0.05) is 0 Å². The SMILES string of the molecule is COc1ccc(CN(C)C(=O)CO)c(OC)c1. The Morgan fingerprint density at radius 2 is 2.06 bits per heavy atom. The van der Waals surface area contributed by atoms with E-state index >= 15 is 0 Å². The quantitative estimate of drug-likeness (QED) is 0.819. The Balaban J connectivity index is 2.87. The Bertz CT molecular complexity index is 392. The van der Waals surface area contributed by atoms with Crippen LogP contribution in [0.3, 0.4) is 0 Å². The molecule has 1 aromatic rings. The molecule has 5 nitrogen and oxygen atoms in total. The number of methoxy groups -OCH3 is 2. The van der Waals surface area contributed by atoms with Gasteiger partial charge in [-0.25, -0.2) is 0 Å². The van der Waals surface area contributed by atoms with Crippen molar-refractivity contribution >= 4 is 5.91 Å². The monoisotopic (exact) mass is 239 g/mol. The number of nitrogens with zero attached hydrogens (tertiary/aromatic N) is 1. The van der Waals surface area contributed by atoms with Crippen LogP contribution in [0.25, 0.3) is 0 Å². The minimum absolute atomic E-state index is 0.331. The average molecular weight is 239 g/mol. The number of hydrogen-bond donors (Lipinski definition) is 1. The summed E-state index contributed by atoms with van der Waals surface area (Å²) in [5.41, 5.74) is 0.859. The largest absolute Gasteiger partial charge is 0.497 e. The van der Waals surface area contributed by atoms with Gasteiger partial charge in [-0.2, -0.15) is 0 Å². The van der Waals surface area contributed by atoms with Crippen LogP contribution in [-0.4, -0.2) is 43.8 Å². The molecule has 5 heteroatoms. The number of benzene rings is 1. The Morgan fingerprint density at radius 1 is 1.35 bits per heavy atom. The molecule has 0 saturated carbocycles. The molecule has 0 spiro atoms. The molecule has 0 aliphatic heterocycles. The molecule has 1 rings (SSSR count). The lowest BCUT2D eigenvalue weighted by atomic mass is 10.2. The van der Waals surface area contributed by atoms with Crippen molar-refractivity contribution < 1.29 is 19.4 Å². The lowest BCUT2D eigenvalue weighted by Crippen LogP contribution is -2.28. The Labute approximate surface area is 101 Å². The second-order valence-corrected chi connectivity index (χ2v) is 3.59. The number of aliphatic hydroxyl groups excluding tert-OH is 1. The Morgan fingerprint density at radius 3 is 2.59 bits per heavy atom. The molecule has 94 valence electrons. The van der Waals surface area contributed by atoms with Gasteiger partial charge in [-0.15, -0.1) is 0 Å². The maximum Gasteiger partial charge on any atom is 0.248 e. The van der Waals surface area contributed by atoms with E-state index in [9.17, 15) is 4.79 Å². The molecule has 1 amide bonds. The first-order chi connectivity index (χ1) is 8.12. The minimum Gasteiger partial charge on any atom is -0.497 e. The summed E-state index contributed by atoms with van der Waals surface area (Å²) in [6.07, 6.45) is 0. The summed E-state index contributed by atoms with van der Waals surface area (Å²) in [6.45, 7) is -0.110. The van der Waals surface area contributed by atoms with Gasteiger partial charge in [0.25, 0.3) is 0 Å². The van der Waals surface area contributed by atoms with Crippen molar-refractivity contribution in [1.82, 2.24) is 4.90 Å². The van der Waals surface area contributed by atoms with Gasteiger partial charge < -0.3 is 19.5 Å². The Kier molecular flexibility index (Phi) is 4.78. The summed E-state index contributed by atoms with van der Waals surface area (Å²) in [5.74, 6) is 1.02. The third-order valence-corrected chi connectivity index (χ3v) is 2.46. The molecule has 0 atom stereocenters. The van der Waals surface area contributed by atoms with Gasteiger partial charge in [-0.05, 0) is 12.1 Å². The van der Waals surface area contributed by atoms with Gasteiger partial charge >= 0.3 is 0 Å². The molecule has 17 heavy (non-hydrogen) atoms. The zero-order chi connectivity index (χ0) is 12.8. The number of ether oxygens (including phenoxy) is 2. The first kappa shape index (κ1) is 13.3. The van der Waals surface area contributed by atoms with Crippen molar-refractivity contribution in [2.75, 3.05) is 27.9 Å². The van der Waals surface area contributed by atoms with Gasteiger partial charge in [0.2, 0.25) is 5.91 Å². The second-order valence-electron chi connectivity index (χ2n) is 3.59. The van der Waals surface area contributed by atoms with Crippen LogP contribution < -0.4 is 9.47 Å². The highest BCUT2D eigenvalue weighted by atomic mass is 16.5. The van der Waals surface area contributed by atoms with Crippen LogP contribution in [0.1, 0.15) is 5.56 Å². The topological polar surface area (TPSA) is 59.0 Å². The number of carbonyl (C=O) groups is 1. The van der Waals surface area contributed by atoms with Gasteiger partial charge in [-0.3, -0.25) is 4.79 Å². The van der Waals surface area contributed by atoms with E-state index in [2.05, 4.69) is 0 Å². The fourth-order valence-corrected chi connectivity index (χ4v) is 1.45. The van der Waals surface area contributed by atoms with E-state index in [-0.39, 0.29) is 5.91 Å². The molecule has 0 fully saturated rings. The molecule has 0 aliphatic rings. The minimum atomic E-state index is -0.491. The number of carbonyl (C=O) groups excluding carboxylic acids is 1. The maximum absolute atomic E-state index is 11.2. The van der Waals surface area contributed by atoms with Gasteiger partial charge in [0.05, 0.1) is 14.2 Å². The highest BCUT2D eigenvalue weighted by molar-refractivity contribution is 5.76. The standard InChI is InChI=1S/C12H17NO4/c1-13(12(15)8-14)7-9-4-5-10(16-2)6-11(9)17-3/h4-6,14H,7-8H2,1-3H3. The molecule has 0 heterocycles. The molecule has 1 aromatic carbocycles. The number of aliphatic hydroxyl groups is 1. The summed E-state index contributed by atoms with van der Waals surface area (Å²) < 4.78 is 10.3. The van der Waals surface area contributed by atoms with Crippen LogP contribution in [0.2, 0.25) is 0 Å². The average Bonchev–Trinajstić information content (AvgIpc) is 2.37. The van der Waals surface area contributed by atoms with Gasteiger partial charge in [0, 0.05) is 25.2 Å². The smallest absolute Gasteiger partial charge is 0.248 e. The van der Waals surface area contributed by atoms with Crippen LogP contribution in [0.5, 0.6) is 11.5 Å². The van der Waals surface area contributed by atoms with Crippen LogP contribution in [0.4, 0.5) is 0 Å². The number of likely N-dealkylation sites (N-methyl/N-ethyl adjacent to an activating group) is 1. The second kappa shape index (κ2) is 6.10. The molecule has 0 aromatic heterocycles. The maximum atomic E-state index is 11.2. The van der Waals surface area contributed by atoms with E-state index < -0.39 is 6.61 Å². The third-order valence-electron chi connectivity index (χ3n) is 2.46. The lowest BCUT2D eigenvalue weighted by Gasteiger charge is -2.18. The van der Waals surface area contributed by atoms with Crippen molar-refractivity contribution in [2.24, 2.45) is 0 Å². The van der Waals surface area contributed by atoms with Crippen molar-refractivity contribution in [3.05, 3.63) is 23.8 Å². The van der Waals surface area contributed by atoms with E-state index in [1.807, 2.05) is 6.07 Å². The third kappa shape index (κ3) is 3.35. The van der Waals surface area contributed by atoms with Gasteiger partial charge in [0.15, 0.2) is 0 Å². The van der Waals surface area contributed by atoms with Crippen LogP contribution in [-0.2, 0) is 11.3 Å². The summed E-state index contributed by atoms with van der Waals surface area (Å²) in [4.78, 5) is 12.7. The zero-order valence-electron chi connectivity index (χ0n) is 10.3. The van der Waals surface area contributed by atoms with E-state index in [0.29, 0.717) is 18.0 Å². The highest BCUT2D eigenvalue weighted by Gasteiger charge is 2.11. The molecule has 0 aliphatic carbocycles. The highest BCUT2D eigenvalue weighted by Crippen LogP contribution is 2.25. The molecule has 1 N–H and O–H groups in total. The first-order valence-electron chi connectivity index (χ1n) is 5.18. The first-order valence-corrected chi connectivity index (χ1v) is 5.18. The molecule has 0 saturated heterocycles. The molecule has 0 bridgehead atoms. The number of amides is 1. The normalized spacial score (nSPS) is 9.88. The van der Waals surface area contributed by atoms with Crippen molar-refractivity contribution in [3.63, 3.8) is 0 Å². The van der Waals surface area contributed by atoms with Crippen LogP contribution >= 0.6 is 0 Å². The van der Waals surface area contributed by atoms with E-state index in [0.717, 1.165) is 5.56 Å². The number of hydrogen-bond acceptors (Lipinski definition) is 4. The van der Waals surface area contributed by atoms with E-state index in [1.165, 1.54) is 4.90 Å². The Hall–Kier alpha value is -1.75. The predicted octanol–water partition coefficient (Wildman–Crippen LogP) is 0.654. The van der Waals surface area contributed by atoms with E-state index in [4.69, 9.17) is 14.6 Å². The fraction of sp³-hybridized carbons (Fsp3) is 0.417. The summed E-state index contributed by atoms with van der Waals surface area (Å²) >= 11 is 0. The van der Waals surface area contributed by atoms with Gasteiger partial charge in [0.1, 0.15) is 18.1 Å². The van der Waals surface area contributed by atoms with Crippen molar-refractivity contribution in [3.8, 4) is 11.5 Å². The lowest BCUT2D eigenvalue weighted by molar-refractivity contribution is -0.133. The fourth-order valence-electron chi connectivity index (χ4n) is 1.45. The van der Waals surface area contributed by atoms with Crippen molar-refractivity contribution in [2.45, 2.75) is 6.54 Å². The molecule has 0 radical (unpaired) electrons. The molecular formula is C12H17NO4.